The number of nitrogens with one attached hydrogen (secondary N) is 2. The summed E-state index contributed by atoms with van der Waals surface area (Å²) in [6.07, 6.45) is 2.11. The second-order valence-corrected chi connectivity index (χ2v) is 6.96. The van der Waals surface area contributed by atoms with Gasteiger partial charge in [-0.25, -0.2) is 4.79 Å². The van der Waals surface area contributed by atoms with Crippen LogP contribution in [0, 0.1) is 12.8 Å². The lowest BCUT2D eigenvalue weighted by atomic mass is 9.97. The number of thiocarbonyl (C=S) groups is 1. The molecule has 2 aromatic carbocycles. The van der Waals surface area contributed by atoms with E-state index in [2.05, 4.69) is 41.8 Å². The quantitative estimate of drug-likeness (QED) is 0.509. The smallest absolute Gasteiger partial charge is 0.338 e. The molecular weight excluding hydrogens is 356 g/mol. The van der Waals surface area contributed by atoms with Crippen molar-refractivity contribution in [1.29, 1.82) is 0 Å². The fourth-order valence-electron chi connectivity index (χ4n) is 2.86. The number of ether oxygens (including phenoxy) is 1. The van der Waals surface area contributed by atoms with Gasteiger partial charge in [-0.3, -0.25) is 0 Å². The summed E-state index contributed by atoms with van der Waals surface area (Å²) in [6, 6.07) is 15.9. The van der Waals surface area contributed by atoms with Gasteiger partial charge >= 0.3 is 5.97 Å². The molecule has 0 fully saturated rings. The molecule has 0 aliphatic carbocycles. The van der Waals surface area contributed by atoms with Crippen LogP contribution in [0.3, 0.4) is 0 Å². The third-order valence-corrected chi connectivity index (χ3v) is 4.73. The van der Waals surface area contributed by atoms with Crippen LogP contribution in [-0.4, -0.2) is 24.2 Å². The first kappa shape index (κ1) is 20.9. The molecule has 0 heterocycles. The van der Waals surface area contributed by atoms with Crippen molar-refractivity contribution in [3.8, 4) is 0 Å². The molecule has 0 bridgehead atoms. The van der Waals surface area contributed by atoms with Crippen LogP contribution in [0.4, 0.5) is 5.69 Å². The lowest BCUT2D eigenvalue weighted by molar-refractivity contribution is 0.0526. The SMILES string of the molecule is CCOC(=O)c1ccc(NC(=S)NCC(CC)Cc2ccccc2)c(C)c1. The molecule has 0 radical (unpaired) electrons. The summed E-state index contributed by atoms with van der Waals surface area (Å²) in [6.45, 7) is 7.12. The number of aryl methyl sites for hydroxylation is 1. The molecule has 0 aliphatic rings. The highest BCUT2D eigenvalue weighted by Gasteiger charge is 2.11. The highest BCUT2D eigenvalue weighted by Crippen LogP contribution is 2.17. The molecule has 2 N–H and O–H groups in total. The van der Waals surface area contributed by atoms with Gasteiger partial charge < -0.3 is 15.4 Å². The zero-order valence-corrected chi connectivity index (χ0v) is 17.1. The van der Waals surface area contributed by atoms with Crippen molar-refractivity contribution in [2.75, 3.05) is 18.5 Å². The summed E-state index contributed by atoms with van der Waals surface area (Å²) in [4.78, 5) is 11.8. The standard InChI is InChI=1S/C22H28N2O2S/c1-4-17(14-18-9-7-6-8-10-18)15-23-22(27)24-20-12-11-19(13-16(20)3)21(25)26-5-2/h6-13,17H,4-5,14-15H2,1-3H3,(H2,23,24,27). The van der Waals surface area contributed by atoms with Crippen molar-refractivity contribution in [3.63, 3.8) is 0 Å². The lowest BCUT2D eigenvalue weighted by Gasteiger charge is -2.18. The zero-order valence-electron chi connectivity index (χ0n) is 16.2. The van der Waals surface area contributed by atoms with Crippen molar-refractivity contribution in [3.05, 3.63) is 65.2 Å². The molecule has 1 atom stereocenters. The number of carbonyl (C=O) groups is 1. The zero-order chi connectivity index (χ0) is 19.6. The van der Waals surface area contributed by atoms with Gasteiger partial charge in [0.15, 0.2) is 5.11 Å². The first-order valence-corrected chi connectivity index (χ1v) is 9.80. The van der Waals surface area contributed by atoms with Gasteiger partial charge in [0.2, 0.25) is 0 Å². The Morgan fingerprint density at radius 2 is 1.89 bits per heavy atom. The van der Waals surface area contributed by atoms with Gasteiger partial charge in [-0.1, -0.05) is 43.7 Å². The summed E-state index contributed by atoms with van der Waals surface area (Å²) >= 11 is 5.44. The van der Waals surface area contributed by atoms with Crippen LogP contribution in [0.15, 0.2) is 48.5 Å². The van der Waals surface area contributed by atoms with Gasteiger partial charge in [0.1, 0.15) is 0 Å². The Morgan fingerprint density at radius 1 is 1.15 bits per heavy atom. The van der Waals surface area contributed by atoms with E-state index in [9.17, 15) is 4.79 Å². The van der Waals surface area contributed by atoms with Crippen LogP contribution in [0.25, 0.3) is 0 Å². The van der Waals surface area contributed by atoms with Gasteiger partial charge in [-0.05, 0) is 67.7 Å². The van der Waals surface area contributed by atoms with E-state index in [4.69, 9.17) is 17.0 Å². The summed E-state index contributed by atoms with van der Waals surface area (Å²) < 4.78 is 5.03. The second-order valence-electron chi connectivity index (χ2n) is 6.55. The van der Waals surface area contributed by atoms with E-state index in [1.54, 1.807) is 13.0 Å². The average molecular weight is 385 g/mol. The number of hydrogen-bond donors (Lipinski definition) is 2. The molecule has 2 aromatic rings. The summed E-state index contributed by atoms with van der Waals surface area (Å²) in [5.41, 5.74) is 3.72. The Balaban J connectivity index is 1.88. The van der Waals surface area contributed by atoms with Crippen LogP contribution in [0.2, 0.25) is 0 Å². The van der Waals surface area contributed by atoms with Gasteiger partial charge in [0.25, 0.3) is 0 Å². The molecule has 1 unspecified atom stereocenters. The summed E-state index contributed by atoms with van der Waals surface area (Å²) in [5.74, 6) is 0.207. The predicted octanol–water partition coefficient (Wildman–Crippen LogP) is 4.73. The number of rotatable bonds is 8. The molecule has 27 heavy (non-hydrogen) atoms. The molecule has 0 saturated heterocycles. The van der Waals surface area contributed by atoms with Crippen molar-refractivity contribution in [2.45, 2.75) is 33.6 Å². The van der Waals surface area contributed by atoms with E-state index in [0.717, 1.165) is 30.6 Å². The molecule has 0 aliphatic heterocycles. The highest BCUT2D eigenvalue weighted by molar-refractivity contribution is 7.80. The topological polar surface area (TPSA) is 50.4 Å². The lowest BCUT2D eigenvalue weighted by Crippen LogP contribution is -2.33. The maximum Gasteiger partial charge on any atom is 0.338 e. The molecule has 144 valence electrons. The van der Waals surface area contributed by atoms with Crippen LogP contribution in [0.1, 0.15) is 41.8 Å². The molecule has 4 nitrogen and oxygen atoms in total. The van der Waals surface area contributed by atoms with E-state index in [1.807, 2.05) is 25.1 Å². The number of benzene rings is 2. The average Bonchev–Trinajstić information content (AvgIpc) is 2.67. The monoisotopic (exact) mass is 384 g/mol. The van der Waals surface area contributed by atoms with Gasteiger partial charge in [0.05, 0.1) is 12.2 Å². The molecule has 2 rings (SSSR count). The number of esters is 1. The Kier molecular flexibility index (Phi) is 8.27. The van der Waals surface area contributed by atoms with Gasteiger partial charge in [0, 0.05) is 12.2 Å². The van der Waals surface area contributed by atoms with Crippen molar-refractivity contribution < 1.29 is 9.53 Å². The fraction of sp³-hybridized carbons (Fsp3) is 0.364. The Labute approximate surface area is 167 Å². The Morgan fingerprint density at radius 3 is 2.52 bits per heavy atom. The van der Waals surface area contributed by atoms with Crippen molar-refractivity contribution in [2.24, 2.45) is 5.92 Å². The first-order chi connectivity index (χ1) is 13.0. The second kappa shape index (κ2) is 10.7. The third-order valence-electron chi connectivity index (χ3n) is 4.48. The van der Waals surface area contributed by atoms with E-state index < -0.39 is 0 Å². The molecular formula is C22H28N2O2S. The molecule has 0 amide bonds. The maximum absolute atomic E-state index is 11.8. The van der Waals surface area contributed by atoms with E-state index in [1.165, 1.54) is 5.56 Å². The number of carbonyl (C=O) groups excluding carboxylic acids is 1. The Bertz CT molecular complexity index is 762. The molecule has 5 heteroatoms. The third kappa shape index (κ3) is 6.68. The maximum atomic E-state index is 11.8. The van der Waals surface area contributed by atoms with E-state index in [-0.39, 0.29) is 5.97 Å². The van der Waals surface area contributed by atoms with Crippen LogP contribution >= 0.6 is 12.2 Å². The number of anilines is 1. The molecule has 0 aromatic heterocycles. The first-order valence-electron chi connectivity index (χ1n) is 9.40. The molecule has 0 spiro atoms. The minimum absolute atomic E-state index is 0.306. The van der Waals surface area contributed by atoms with Crippen LogP contribution in [-0.2, 0) is 11.2 Å². The fourth-order valence-corrected chi connectivity index (χ4v) is 3.05. The van der Waals surface area contributed by atoms with Gasteiger partial charge in [-0.15, -0.1) is 0 Å². The van der Waals surface area contributed by atoms with E-state index in [0.29, 0.717) is 23.2 Å². The minimum atomic E-state index is -0.306. The van der Waals surface area contributed by atoms with E-state index >= 15 is 0 Å². The van der Waals surface area contributed by atoms with Crippen LogP contribution < -0.4 is 10.6 Å². The normalized spacial score (nSPS) is 11.5. The van der Waals surface area contributed by atoms with Crippen molar-refractivity contribution in [1.82, 2.24) is 5.32 Å². The number of hydrogen-bond acceptors (Lipinski definition) is 3. The van der Waals surface area contributed by atoms with Crippen LogP contribution in [0.5, 0.6) is 0 Å². The van der Waals surface area contributed by atoms with Gasteiger partial charge in [-0.2, -0.15) is 0 Å². The van der Waals surface area contributed by atoms with Crippen molar-refractivity contribution >= 4 is 29.0 Å². The summed E-state index contributed by atoms with van der Waals surface area (Å²) in [7, 11) is 0. The molecule has 0 saturated carbocycles. The Hall–Kier alpha value is -2.40. The largest absolute Gasteiger partial charge is 0.462 e. The predicted molar refractivity (Wildman–Crippen MR) is 115 cm³/mol. The minimum Gasteiger partial charge on any atom is -0.462 e. The summed E-state index contributed by atoms with van der Waals surface area (Å²) in [5, 5.41) is 7.13. The highest BCUT2D eigenvalue weighted by atomic mass is 32.1.